The number of carboxylic acid groups (broad SMARTS) is 1. The van der Waals surface area contributed by atoms with Crippen molar-refractivity contribution >= 4 is 12.1 Å². The molecule has 3 heterocycles. The van der Waals surface area contributed by atoms with Gasteiger partial charge in [0.1, 0.15) is 5.60 Å². The van der Waals surface area contributed by atoms with Crippen LogP contribution in [0.5, 0.6) is 0 Å². The molecule has 21 heavy (non-hydrogen) atoms. The van der Waals surface area contributed by atoms with E-state index in [0.29, 0.717) is 19.5 Å². The molecule has 3 rings (SSSR count). The summed E-state index contributed by atoms with van der Waals surface area (Å²) in [4.78, 5) is 26.1. The van der Waals surface area contributed by atoms with E-state index in [4.69, 9.17) is 4.74 Å². The Morgan fingerprint density at radius 3 is 2.67 bits per heavy atom. The van der Waals surface area contributed by atoms with Crippen LogP contribution in [0.2, 0.25) is 0 Å². The second-order valence-corrected chi connectivity index (χ2v) is 7.59. The van der Waals surface area contributed by atoms with Crippen LogP contribution in [0, 0.1) is 11.3 Å². The number of nitrogens with zero attached hydrogens (tertiary/aromatic N) is 1. The summed E-state index contributed by atoms with van der Waals surface area (Å²) in [5, 5.41) is 12.9. The van der Waals surface area contributed by atoms with Crippen LogP contribution < -0.4 is 5.32 Å². The number of fused-ring (bicyclic) bond motifs is 4. The third-order valence-electron chi connectivity index (χ3n) is 5.16. The Balaban J connectivity index is 1.85. The van der Waals surface area contributed by atoms with Crippen molar-refractivity contribution in [3.8, 4) is 0 Å². The molecule has 118 valence electrons. The van der Waals surface area contributed by atoms with Crippen molar-refractivity contribution in [2.75, 3.05) is 13.1 Å². The normalized spacial score (nSPS) is 38.2. The number of aliphatic carboxylic acids is 1. The molecule has 2 bridgehead atoms. The molecule has 0 aromatic heterocycles. The summed E-state index contributed by atoms with van der Waals surface area (Å²) in [6.07, 6.45) is 2.01. The number of hydrogen-bond acceptors (Lipinski definition) is 4. The summed E-state index contributed by atoms with van der Waals surface area (Å²) in [5.74, 6) is -0.737. The van der Waals surface area contributed by atoms with Crippen LogP contribution in [0.3, 0.4) is 0 Å². The summed E-state index contributed by atoms with van der Waals surface area (Å²) in [6, 6.07) is -0.0122. The molecule has 0 aromatic rings. The maximum Gasteiger partial charge on any atom is 0.410 e. The Labute approximate surface area is 124 Å². The van der Waals surface area contributed by atoms with E-state index in [1.54, 1.807) is 0 Å². The SMILES string of the molecule is CC(C)(C)OC(=O)N1C2CCC1C1CNCC1(C(=O)O)C2. The molecular formula is C15H24N2O4. The van der Waals surface area contributed by atoms with Gasteiger partial charge in [-0.1, -0.05) is 0 Å². The number of carboxylic acids is 1. The summed E-state index contributed by atoms with van der Waals surface area (Å²) >= 11 is 0. The van der Waals surface area contributed by atoms with E-state index in [0.717, 1.165) is 12.8 Å². The van der Waals surface area contributed by atoms with Gasteiger partial charge in [-0.3, -0.25) is 4.79 Å². The smallest absolute Gasteiger partial charge is 0.410 e. The molecule has 0 aromatic carbocycles. The first-order chi connectivity index (χ1) is 9.74. The first-order valence-electron chi connectivity index (χ1n) is 7.70. The molecule has 1 amide bonds. The third-order valence-corrected chi connectivity index (χ3v) is 5.16. The second kappa shape index (κ2) is 4.60. The Morgan fingerprint density at radius 2 is 2.05 bits per heavy atom. The van der Waals surface area contributed by atoms with Crippen LogP contribution in [0.4, 0.5) is 4.79 Å². The van der Waals surface area contributed by atoms with Crippen molar-refractivity contribution in [1.29, 1.82) is 0 Å². The van der Waals surface area contributed by atoms with Crippen molar-refractivity contribution in [3.63, 3.8) is 0 Å². The van der Waals surface area contributed by atoms with Crippen LogP contribution >= 0.6 is 0 Å². The first-order valence-corrected chi connectivity index (χ1v) is 7.70. The predicted octanol–water partition coefficient (Wildman–Crippen LogP) is 1.45. The monoisotopic (exact) mass is 296 g/mol. The fourth-order valence-corrected chi connectivity index (χ4v) is 4.35. The molecular weight excluding hydrogens is 272 g/mol. The van der Waals surface area contributed by atoms with Gasteiger partial charge in [-0.25, -0.2) is 4.79 Å². The third kappa shape index (κ3) is 2.20. The Bertz CT molecular complexity index is 473. The standard InChI is InChI=1S/C15H24N2O4/c1-14(2,3)21-13(20)17-9-4-5-11(17)10-7-16-8-15(10,6-9)12(18)19/h9-11,16H,4-8H2,1-3H3,(H,18,19). The highest BCUT2D eigenvalue weighted by Crippen LogP contribution is 2.51. The van der Waals surface area contributed by atoms with Gasteiger partial charge in [-0.15, -0.1) is 0 Å². The lowest BCUT2D eigenvalue weighted by atomic mass is 9.69. The maximum atomic E-state index is 12.5. The van der Waals surface area contributed by atoms with Crippen molar-refractivity contribution < 1.29 is 19.4 Å². The molecule has 2 N–H and O–H groups in total. The van der Waals surface area contributed by atoms with E-state index < -0.39 is 17.0 Å². The van der Waals surface area contributed by atoms with E-state index in [1.165, 1.54) is 0 Å². The molecule has 0 radical (unpaired) electrons. The van der Waals surface area contributed by atoms with E-state index in [-0.39, 0.29) is 24.1 Å². The fourth-order valence-electron chi connectivity index (χ4n) is 4.35. The van der Waals surface area contributed by atoms with Crippen molar-refractivity contribution in [1.82, 2.24) is 10.2 Å². The number of carbonyl (C=O) groups is 2. The number of ether oxygens (including phenoxy) is 1. The Kier molecular flexibility index (Phi) is 3.20. The fraction of sp³-hybridized carbons (Fsp3) is 0.867. The number of nitrogens with one attached hydrogen (secondary N) is 1. The zero-order chi connectivity index (χ0) is 15.4. The Hall–Kier alpha value is -1.30. The molecule has 3 aliphatic heterocycles. The van der Waals surface area contributed by atoms with Gasteiger partial charge in [0.25, 0.3) is 0 Å². The van der Waals surface area contributed by atoms with Gasteiger partial charge in [0.05, 0.1) is 5.41 Å². The predicted molar refractivity (Wildman–Crippen MR) is 75.9 cm³/mol. The molecule has 4 atom stereocenters. The zero-order valence-electron chi connectivity index (χ0n) is 12.9. The average molecular weight is 296 g/mol. The largest absolute Gasteiger partial charge is 0.481 e. The first kappa shape index (κ1) is 14.6. The number of rotatable bonds is 1. The number of amides is 1. The van der Waals surface area contributed by atoms with E-state index >= 15 is 0 Å². The summed E-state index contributed by atoms with van der Waals surface area (Å²) in [5.41, 5.74) is -1.23. The lowest BCUT2D eigenvalue weighted by molar-refractivity contribution is -0.156. The van der Waals surface area contributed by atoms with Gasteiger partial charge in [0, 0.05) is 31.1 Å². The number of piperidine rings is 1. The molecule has 4 unspecified atom stereocenters. The number of carbonyl (C=O) groups excluding carboxylic acids is 1. The molecule has 0 spiro atoms. The minimum Gasteiger partial charge on any atom is -0.481 e. The van der Waals surface area contributed by atoms with E-state index in [1.807, 2.05) is 25.7 Å². The van der Waals surface area contributed by atoms with Crippen LogP contribution in [0.15, 0.2) is 0 Å². The van der Waals surface area contributed by atoms with Crippen molar-refractivity contribution in [3.05, 3.63) is 0 Å². The van der Waals surface area contributed by atoms with Crippen LogP contribution in [-0.4, -0.2) is 52.8 Å². The molecule has 3 saturated heterocycles. The van der Waals surface area contributed by atoms with E-state index in [9.17, 15) is 14.7 Å². The minimum absolute atomic E-state index is 0.00269. The summed E-state index contributed by atoms with van der Waals surface area (Å²) < 4.78 is 5.52. The van der Waals surface area contributed by atoms with Gasteiger partial charge in [-0.05, 0) is 40.0 Å². The Morgan fingerprint density at radius 1 is 1.33 bits per heavy atom. The second-order valence-electron chi connectivity index (χ2n) is 7.59. The van der Waals surface area contributed by atoms with Gasteiger partial charge in [-0.2, -0.15) is 0 Å². The van der Waals surface area contributed by atoms with Crippen LogP contribution in [-0.2, 0) is 9.53 Å². The highest BCUT2D eigenvalue weighted by molar-refractivity contribution is 5.78. The molecule has 6 nitrogen and oxygen atoms in total. The van der Waals surface area contributed by atoms with Gasteiger partial charge in [0.15, 0.2) is 0 Å². The molecule has 3 fully saturated rings. The lowest BCUT2D eigenvalue weighted by Crippen LogP contribution is -2.58. The van der Waals surface area contributed by atoms with Gasteiger partial charge < -0.3 is 20.1 Å². The minimum atomic E-state index is -0.724. The lowest BCUT2D eigenvalue weighted by Gasteiger charge is -2.46. The molecule has 6 heteroatoms. The summed E-state index contributed by atoms with van der Waals surface area (Å²) in [6.45, 7) is 6.76. The molecule has 3 aliphatic rings. The van der Waals surface area contributed by atoms with Crippen LogP contribution in [0.1, 0.15) is 40.0 Å². The molecule has 0 aliphatic carbocycles. The van der Waals surface area contributed by atoms with Gasteiger partial charge in [0.2, 0.25) is 0 Å². The van der Waals surface area contributed by atoms with E-state index in [2.05, 4.69) is 5.32 Å². The highest BCUT2D eigenvalue weighted by atomic mass is 16.6. The topological polar surface area (TPSA) is 78.9 Å². The van der Waals surface area contributed by atoms with Crippen molar-refractivity contribution in [2.24, 2.45) is 11.3 Å². The summed E-state index contributed by atoms with van der Waals surface area (Å²) in [7, 11) is 0. The maximum absolute atomic E-state index is 12.5. The average Bonchev–Trinajstić information content (AvgIpc) is 2.90. The number of hydrogen-bond donors (Lipinski definition) is 2. The zero-order valence-corrected chi connectivity index (χ0v) is 12.9. The van der Waals surface area contributed by atoms with Crippen LogP contribution in [0.25, 0.3) is 0 Å². The molecule has 0 saturated carbocycles. The quantitative estimate of drug-likeness (QED) is 0.765. The van der Waals surface area contributed by atoms with Gasteiger partial charge >= 0.3 is 12.1 Å². The highest BCUT2D eigenvalue weighted by Gasteiger charge is 2.62. The van der Waals surface area contributed by atoms with Crippen molar-refractivity contribution in [2.45, 2.75) is 57.7 Å².